The zero-order chi connectivity index (χ0) is 19.1. The first kappa shape index (κ1) is 19.5. The predicted octanol–water partition coefficient (Wildman–Crippen LogP) is 3.42. The molecule has 5 nitrogen and oxygen atoms in total. The molecule has 1 aliphatic rings. The SMILES string of the molecule is C[C@@H](SCc1ccccc1)C(=O)Nc1ccccc1C(=O)N1CCOCC1. The second-order valence-electron chi connectivity index (χ2n) is 6.38. The van der Waals surface area contributed by atoms with Crippen molar-refractivity contribution in [3.8, 4) is 0 Å². The molecule has 142 valence electrons. The molecule has 0 unspecified atom stereocenters. The van der Waals surface area contributed by atoms with Gasteiger partial charge < -0.3 is 15.0 Å². The standard InChI is InChI=1S/C21H24N2O3S/c1-16(27-15-17-7-3-2-4-8-17)20(24)22-19-10-6-5-9-18(19)21(25)23-11-13-26-14-12-23/h2-10,16H,11-15H2,1H3,(H,22,24)/t16-/m1/s1. The van der Waals surface area contributed by atoms with Crippen LogP contribution in [-0.4, -0.2) is 48.3 Å². The van der Waals surface area contributed by atoms with Crippen LogP contribution in [0.2, 0.25) is 0 Å². The third-order valence-corrected chi connectivity index (χ3v) is 5.64. The van der Waals surface area contributed by atoms with Gasteiger partial charge in [0.2, 0.25) is 5.91 Å². The first-order valence-corrected chi connectivity index (χ1v) is 10.1. The van der Waals surface area contributed by atoms with E-state index in [1.165, 1.54) is 5.56 Å². The van der Waals surface area contributed by atoms with E-state index in [2.05, 4.69) is 5.32 Å². The van der Waals surface area contributed by atoms with Gasteiger partial charge in [0, 0.05) is 18.8 Å². The molecule has 1 heterocycles. The Morgan fingerprint density at radius 2 is 1.74 bits per heavy atom. The number of hydrogen-bond donors (Lipinski definition) is 1. The lowest BCUT2D eigenvalue weighted by Gasteiger charge is -2.27. The van der Waals surface area contributed by atoms with Crippen molar-refractivity contribution in [2.75, 3.05) is 31.6 Å². The van der Waals surface area contributed by atoms with Crippen LogP contribution in [0.1, 0.15) is 22.8 Å². The van der Waals surface area contributed by atoms with Crippen molar-refractivity contribution in [2.45, 2.75) is 17.9 Å². The molecule has 0 radical (unpaired) electrons. The molecule has 0 aromatic heterocycles. The van der Waals surface area contributed by atoms with Gasteiger partial charge in [0.15, 0.2) is 0 Å². The number of nitrogens with one attached hydrogen (secondary N) is 1. The maximum Gasteiger partial charge on any atom is 0.256 e. The molecule has 2 aromatic carbocycles. The van der Waals surface area contributed by atoms with Crippen LogP contribution in [0.15, 0.2) is 54.6 Å². The van der Waals surface area contributed by atoms with Gasteiger partial charge in [-0.3, -0.25) is 9.59 Å². The Labute approximate surface area is 164 Å². The first-order chi connectivity index (χ1) is 13.1. The van der Waals surface area contributed by atoms with Crippen LogP contribution in [0.5, 0.6) is 0 Å². The van der Waals surface area contributed by atoms with E-state index in [-0.39, 0.29) is 17.1 Å². The Kier molecular flexibility index (Phi) is 6.90. The van der Waals surface area contributed by atoms with Crippen molar-refractivity contribution in [1.29, 1.82) is 0 Å². The molecule has 27 heavy (non-hydrogen) atoms. The lowest BCUT2D eigenvalue weighted by atomic mass is 10.1. The van der Waals surface area contributed by atoms with E-state index in [9.17, 15) is 9.59 Å². The number of hydrogen-bond acceptors (Lipinski definition) is 4. The van der Waals surface area contributed by atoms with Crippen molar-refractivity contribution in [3.63, 3.8) is 0 Å². The lowest BCUT2D eigenvalue weighted by molar-refractivity contribution is -0.115. The van der Waals surface area contributed by atoms with Gasteiger partial charge in [-0.05, 0) is 24.6 Å². The molecule has 0 saturated carbocycles. The number of rotatable bonds is 6. The number of morpholine rings is 1. The van der Waals surface area contributed by atoms with E-state index in [1.54, 1.807) is 28.8 Å². The number of benzene rings is 2. The Morgan fingerprint density at radius 1 is 1.07 bits per heavy atom. The Bertz CT molecular complexity index is 776. The van der Waals surface area contributed by atoms with Crippen LogP contribution in [0.25, 0.3) is 0 Å². The third kappa shape index (κ3) is 5.34. The van der Waals surface area contributed by atoms with Crippen molar-refractivity contribution in [1.82, 2.24) is 4.90 Å². The van der Waals surface area contributed by atoms with Gasteiger partial charge in [-0.15, -0.1) is 11.8 Å². The van der Waals surface area contributed by atoms with Gasteiger partial charge in [0.1, 0.15) is 0 Å². The Hall–Kier alpha value is -2.31. The minimum Gasteiger partial charge on any atom is -0.378 e. The fourth-order valence-electron chi connectivity index (χ4n) is 2.82. The molecular formula is C21H24N2O3S. The smallest absolute Gasteiger partial charge is 0.256 e. The van der Waals surface area contributed by atoms with Gasteiger partial charge in [0.25, 0.3) is 5.91 Å². The second-order valence-corrected chi connectivity index (χ2v) is 7.71. The molecule has 1 fully saturated rings. The molecule has 2 amide bonds. The summed E-state index contributed by atoms with van der Waals surface area (Å²) in [7, 11) is 0. The first-order valence-electron chi connectivity index (χ1n) is 9.07. The fourth-order valence-corrected chi connectivity index (χ4v) is 3.67. The summed E-state index contributed by atoms with van der Waals surface area (Å²) in [6, 6.07) is 17.2. The zero-order valence-electron chi connectivity index (χ0n) is 15.4. The number of nitrogens with zero attached hydrogens (tertiary/aromatic N) is 1. The number of ether oxygens (including phenoxy) is 1. The van der Waals surface area contributed by atoms with Crippen molar-refractivity contribution >= 4 is 29.3 Å². The number of thioether (sulfide) groups is 1. The van der Waals surface area contributed by atoms with Gasteiger partial charge in [0.05, 0.1) is 29.7 Å². The van der Waals surface area contributed by atoms with E-state index in [1.807, 2.05) is 49.4 Å². The summed E-state index contributed by atoms with van der Waals surface area (Å²) in [4.78, 5) is 27.2. The summed E-state index contributed by atoms with van der Waals surface area (Å²) in [5.41, 5.74) is 2.27. The lowest BCUT2D eigenvalue weighted by Crippen LogP contribution is -2.41. The van der Waals surface area contributed by atoms with Gasteiger partial charge >= 0.3 is 0 Å². The minimum atomic E-state index is -0.225. The maximum absolute atomic E-state index is 12.8. The number of carbonyl (C=O) groups excluding carboxylic acids is 2. The van der Waals surface area contributed by atoms with Gasteiger partial charge in [-0.2, -0.15) is 0 Å². The van der Waals surface area contributed by atoms with Crippen LogP contribution in [0, 0.1) is 0 Å². The molecule has 2 aromatic rings. The van der Waals surface area contributed by atoms with Crippen LogP contribution < -0.4 is 5.32 Å². The van der Waals surface area contributed by atoms with Crippen LogP contribution >= 0.6 is 11.8 Å². The molecule has 0 bridgehead atoms. The van der Waals surface area contributed by atoms with E-state index in [4.69, 9.17) is 4.74 Å². The highest BCUT2D eigenvalue weighted by Crippen LogP contribution is 2.22. The second kappa shape index (κ2) is 9.58. The third-order valence-electron chi connectivity index (χ3n) is 4.43. The molecule has 0 aliphatic carbocycles. The van der Waals surface area contributed by atoms with Crippen molar-refractivity contribution in [3.05, 3.63) is 65.7 Å². The van der Waals surface area contributed by atoms with Crippen molar-refractivity contribution < 1.29 is 14.3 Å². The molecule has 1 aliphatic heterocycles. The molecule has 0 spiro atoms. The largest absolute Gasteiger partial charge is 0.378 e. The summed E-state index contributed by atoms with van der Waals surface area (Å²) in [5, 5.41) is 2.70. The van der Waals surface area contributed by atoms with E-state index < -0.39 is 0 Å². The van der Waals surface area contributed by atoms with Gasteiger partial charge in [-0.25, -0.2) is 0 Å². The Morgan fingerprint density at radius 3 is 2.48 bits per heavy atom. The highest BCUT2D eigenvalue weighted by molar-refractivity contribution is 7.99. The normalized spacial score (nSPS) is 15.2. The summed E-state index contributed by atoms with van der Waals surface area (Å²) < 4.78 is 5.31. The summed E-state index contributed by atoms with van der Waals surface area (Å²) >= 11 is 1.58. The molecule has 3 rings (SSSR count). The fraction of sp³-hybridized carbons (Fsp3) is 0.333. The molecule has 1 atom stereocenters. The average molecular weight is 385 g/mol. The van der Waals surface area contributed by atoms with E-state index in [0.29, 0.717) is 37.6 Å². The predicted molar refractivity (Wildman–Crippen MR) is 109 cm³/mol. The number of carbonyl (C=O) groups is 2. The number of amides is 2. The van der Waals surface area contributed by atoms with E-state index >= 15 is 0 Å². The van der Waals surface area contributed by atoms with Crippen LogP contribution in [0.4, 0.5) is 5.69 Å². The highest BCUT2D eigenvalue weighted by Gasteiger charge is 2.22. The Balaban J connectivity index is 1.62. The highest BCUT2D eigenvalue weighted by atomic mass is 32.2. The van der Waals surface area contributed by atoms with Crippen LogP contribution in [0.3, 0.4) is 0 Å². The molecule has 1 saturated heterocycles. The maximum atomic E-state index is 12.8. The number of para-hydroxylation sites is 1. The van der Waals surface area contributed by atoms with Gasteiger partial charge in [-0.1, -0.05) is 42.5 Å². The summed E-state index contributed by atoms with van der Waals surface area (Å²) in [6.45, 7) is 4.13. The van der Waals surface area contributed by atoms with Crippen molar-refractivity contribution in [2.24, 2.45) is 0 Å². The molecular weight excluding hydrogens is 360 g/mol. The molecule has 1 N–H and O–H groups in total. The minimum absolute atomic E-state index is 0.0706. The monoisotopic (exact) mass is 384 g/mol. The van der Waals surface area contributed by atoms with E-state index in [0.717, 1.165) is 5.75 Å². The molecule has 6 heteroatoms. The topological polar surface area (TPSA) is 58.6 Å². The zero-order valence-corrected chi connectivity index (χ0v) is 16.2. The number of anilines is 1. The summed E-state index contributed by atoms with van der Waals surface area (Å²) in [5.74, 6) is 0.598. The quantitative estimate of drug-likeness (QED) is 0.829. The summed E-state index contributed by atoms with van der Waals surface area (Å²) in [6.07, 6.45) is 0. The van der Waals surface area contributed by atoms with Crippen LogP contribution in [-0.2, 0) is 15.3 Å². The average Bonchev–Trinajstić information content (AvgIpc) is 2.73.